The summed E-state index contributed by atoms with van der Waals surface area (Å²) in [7, 11) is -1.82. The van der Waals surface area contributed by atoms with E-state index in [9.17, 15) is 4.39 Å². The Morgan fingerprint density at radius 3 is 1.17 bits per heavy atom. The van der Waals surface area contributed by atoms with E-state index >= 15 is 0 Å². The number of halogens is 1. The van der Waals surface area contributed by atoms with Crippen LogP contribution in [0.25, 0.3) is 0 Å². The largest absolute Gasteiger partial charge is 0.395 e. The van der Waals surface area contributed by atoms with E-state index in [1.54, 1.807) is 0 Å². The third-order valence-electron chi connectivity index (χ3n) is 5.62. The summed E-state index contributed by atoms with van der Waals surface area (Å²) in [6, 6.07) is 1.15. The Labute approximate surface area is 191 Å². The van der Waals surface area contributed by atoms with Gasteiger partial charge in [0.05, 0.1) is 6.67 Å². The second kappa shape index (κ2) is 27.1. The maximum absolute atomic E-state index is 11.7. The van der Waals surface area contributed by atoms with Gasteiger partial charge in [-0.1, -0.05) is 117 Å². The van der Waals surface area contributed by atoms with Gasteiger partial charge >= 0.3 is 8.56 Å². The lowest BCUT2D eigenvalue weighted by molar-refractivity contribution is 0.188. The summed E-state index contributed by atoms with van der Waals surface area (Å²) < 4.78 is 23.4. The minimum absolute atomic E-state index is 0.128. The molecule has 0 spiro atoms. The molecule has 0 aromatic rings. The van der Waals surface area contributed by atoms with Gasteiger partial charge in [0, 0.05) is 13.2 Å². The second-order valence-electron chi connectivity index (χ2n) is 8.74. The number of rotatable bonds is 22. The molecule has 0 N–H and O–H groups in total. The van der Waals surface area contributed by atoms with Gasteiger partial charge in [0.1, 0.15) is 0 Å². The fourth-order valence-electron chi connectivity index (χ4n) is 3.78. The minimum Gasteiger partial charge on any atom is -0.395 e. The van der Waals surface area contributed by atoms with Crippen molar-refractivity contribution in [2.75, 3.05) is 19.9 Å². The fourth-order valence-corrected chi connectivity index (χ4v) is 6.27. The van der Waals surface area contributed by atoms with E-state index in [0.717, 1.165) is 32.1 Å². The molecule has 0 aromatic heterocycles. The zero-order valence-electron chi connectivity index (χ0n) is 21.5. The van der Waals surface area contributed by atoms with Crippen LogP contribution in [0.1, 0.15) is 137 Å². The predicted molar refractivity (Wildman–Crippen MR) is 135 cm³/mol. The van der Waals surface area contributed by atoms with Crippen LogP contribution >= 0.6 is 0 Å². The first-order chi connectivity index (χ1) is 14.6. The average Bonchev–Trinajstić information content (AvgIpc) is 2.73. The van der Waals surface area contributed by atoms with Crippen LogP contribution in [-0.2, 0) is 8.85 Å². The molecule has 184 valence electrons. The molecular formula is C26H57FO2Si. The molecular weight excluding hydrogens is 391 g/mol. The predicted octanol–water partition coefficient (Wildman–Crippen LogP) is 9.76. The standard InChI is InChI=1S/C13H27F.C13H30O2Si/c1-2-3-4-5-6-7-8-9-10-11-12-13-14;1-5-8-9-10-11-12-13-16(4,14-6-2)15-7-3/h2-13H2,1H3;5-13H2,1-4H3. The second-order valence-corrected chi connectivity index (χ2v) is 12.1. The van der Waals surface area contributed by atoms with Crippen LogP contribution in [-0.4, -0.2) is 28.4 Å². The van der Waals surface area contributed by atoms with Crippen LogP contribution in [0, 0.1) is 0 Å². The third-order valence-corrected chi connectivity index (χ3v) is 8.68. The summed E-state index contributed by atoms with van der Waals surface area (Å²) in [6.07, 6.45) is 22.2. The molecule has 0 aliphatic carbocycles. The molecule has 4 heteroatoms. The van der Waals surface area contributed by atoms with Gasteiger partial charge in [-0.05, 0) is 32.9 Å². The molecule has 0 rings (SSSR count). The van der Waals surface area contributed by atoms with Crippen LogP contribution in [0.5, 0.6) is 0 Å². The van der Waals surface area contributed by atoms with Crippen LogP contribution < -0.4 is 0 Å². The molecule has 0 aromatic carbocycles. The van der Waals surface area contributed by atoms with Crippen molar-refractivity contribution in [2.24, 2.45) is 0 Å². The first-order valence-corrected chi connectivity index (χ1v) is 16.0. The Kier molecular flexibility index (Phi) is 29.1. The van der Waals surface area contributed by atoms with E-state index in [-0.39, 0.29) is 6.67 Å². The highest BCUT2D eigenvalue weighted by Gasteiger charge is 2.29. The van der Waals surface area contributed by atoms with E-state index < -0.39 is 8.56 Å². The Hall–Kier alpha value is 0.0669. The van der Waals surface area contributed by atoms with Gasteiger partial charge in [0.2, 0.25) is 0 Å². The van der Waals surface area contributed by atoms with Crippen molar-refractivity contribution in [3.05, 3.63) is 0 Å². The first-order valence-electron chi connectivity index (χ1n) is 13.4. The quantitative estimate of drug-likeness (QED) is 0.121. The smallest absolute Gasteiger partial charge is 0.334 e. The summed E-state index contributed by atoms with van der Waals surface area (Å²) in [5.41, 5.74) is 0. The van der Waals surface area contributed by atoms with Gasteiger partial charge in [-0.3, -0.25) is 4.39 Å². The maximum atomic E-state index is 11.7. The van der Waals surface area contributed by atoms with Crippen molar-refractivity contribution in [3.8, 4) is 0 Å². The molecule has 0 saturated carbocycles. The molecule has 0 aliphatic heterocycles. The maximum Gasteiger partial charge on any atom is 0.334 e. The Bertz CT molecular complexity index is 285. The van der Waals surface area contributed by atoms with Crippen molar-refractivity contribution >= 4 is 8.56 Å². The fraction of sp³-hybridized carbons (Fsp3) is 1.00. The summed E-state index contributed by atoms with van der Waals surface area (Å²) in [6.45, 7) is 12.3. The molecule has 0 fully saturated rings. The van der Waals surface area contributed by atoms with Gasteiger partial charge < -0.3 is 8.85 Å². The van der Waals surface area contributed by atoms with Crippen LogP contribution in [0.2, 0.25) is 12.6 Å². The van der Waals surface area contributed by atoms with Crippen LogP contribution in [0.15, 0.2) is 0 Å². The number of hydrogen-bond donors (Lipinski definition) is 0. The van der Waals surface area contributed by atoms with Gasteiger partial charge in [-0.2, -0.15) is 0 Å². The lowest BCUT2D eigenvalue weighted by Crippen LogP contribution is -2.38. The summed E-state index contributed by atoms with van der Waals surface area (Å²) >= 11 is 0. The monoisotopic (exact) mass is 448 g/mol. The summed E-state index contributed by atoms with van der Waals surface area (Å²) in [5, 5.41) is 0. The Morgan fingerprint density at radius 2 is 0.833 bits per heavy atom. The van der Waals surface area contributed by atoms with Crippen molar-refractivity contribution in [1.82, 2.24) is 0 Å². The highest BCUT2D eigenvalue weighted by Crippen LogP contribution is 2.18. The molecule has 0 amide bonds. The van der Waals surface area contributed by atoms with Crippen LogP contribution in [0.3, 0.4) is 0 Å². The molecule has 0 radical (unpaired) electrons. The number of hydrogen-bond acceptors (Lipinski definition) is 2. The van der Waals surface area contributed by atoms with E-state index in [0.29, 0.717) is 0 Å². The van der Waals surface area contributed by atoms with E-state index in [1.165, 1.54) is 96.3 Å². The van der Waals surface area contributed by atoms with Gasteiger partial charge in [0.25, 0.3) is 0 Å². The number of unbranched alkanes of at least 4 members (excludes halogenated alkanes) is 15. The van der Waals surface area contributed by atoms with E-state index in [4.69, 9.17) is 8.85 Å². The molecule has 0 heterocycles. The SMILES string of the molecule is CCCCCCCCCCCCCF.CCCCCCCC[Si](C)(OCC)OCC. The highest BCUT2D eigenvalue weighted by molar-refractivity contribution is 6.66. The average molecular weight is 449 g/mol. The molecule has 0 unspecified atom stereocenters. The summed E-state index contributed by atoms with van der Waals surface area (Å²) in [5.74, 6) is 0. The van der Waals surface area contributed by atoms with Gasteiger partial charge in [-0.25, -0.2) is 0 Å². The molecule has 0 bridgehead atoms. The lowest BCUT2D eigenvalue weighted by atomic mass is 10.1. The summed E-state index contributed by atoms with van der Waals surface area (Å²) in [4.78, 5) is 0. The van der Waals surface area contributed by atoms with Gasteiger partial charge in [-0.15, -0.1) is 0 Å². The van der Waals surface area contributed by atoms with Gasteiger partial charge in [0.15, 0.2) is 0 Å². The Morgan fingerprint density at radius 1 is 0.500 bits per heavy atom. The molecule has 0 atom stereocenters. The normalized spacial score (nSPS) is 11.4. The van der Waals surface area contributed by atoms with E-state index in [2.05, 4.69) is 34.2 Å². The topological polar surface area (TPSA) is 18.5 Å². The van der Waals surface area contributed by atoms with E-state index in [1.807, 2.05) is 0 Å². The molecule has 30 heavy (non-hydrogen) atoms. The van der Waals surface area contributed by atoms with Crippen molar-refractivity contribution in [3.63, 3.8) is 0 Å². The molecule has 2 nitrogen and oxygen atoms in total. The Balaban J connectivity index is 0. The third kappa shape index (κ3) is 26.1. The lowest BCUT2D eigenvalue weighted by Gasteiger charge is -2.25. The first kappa shape index (κ1) is 32.2. The zero-order chi connectivity index (χ0) is 22.8. The van der Waals surface area contributed by atoms with Crippen molar-refractivity contribution < 1.29 is 13.2 Å². The van der Waals surface area contributed by atoms with Crippen molar-refractivity contribution in [1.29, 1.82) is 0 Å². The molecule has 0 saturated heterocycles. The highest BCUT2D eigenvalue weighted by atomic mass is 28.4. The molecule has 0 aliphatic rings. The zero-order valence-corrected chi connectivity index (χ0v) is 22.5. The van der Waals surface area contributed by atoms with Crippen LogP contribution in [0.4, 0.5) is 4.39 Å². The number of alkyl halides is 1. The van der Waals surface area contributed by atoms with Crippen molar-refractivity contribution in [2.45, 2.75) is 149 Å². The minimum atomic E-state index is -1.82.